The Hall–Kier alpha value is -1.24. The molecule has 1 rings (SSSR count). The van der Waals surface area contributed by atoms with Gasteiger partial charge in [0, 0.05) is 6.04 Å². The van der Waals surface area contributed by atoms with E-state index in [0.717, 1.165) is 0 Å². The Balaban J connectivity index is 2.68. The first kappa shape index (κ1) is 7.86. The molecule has 0 spiro atoms. The average molecular weight is 147 g/mol. The molecule has 0 aromatic heterocycles. The zero-order chi connectivity index (χ0) is 8.10. The molecule has 1 heteroatoms. The van der Waals surface area contributed by atoms with Crippen molar-refractivity contribution in [1.82, 2.24) is 5.32 Å². The molecule has 0 aliphatic rings. The monoisotopic (exact) mass is 147 g/mol. The molecule has 58 valence electrons. The number of hydrogen-bond donors (Lipinski definition) is 1. The first-order chi connectivity index (χ1) is 5.34. The normalized spacial score (nSPS) is 12.1. The third-order valence-corrected chi connectivity index (χ3v) is 1.67. The largest absolute Gasteiger partial charge is 0.385 e. The molecular weight excluding hydrogens is 134 g/mol. The molecule has 0 radical (unpaired) electrons. The molecule has 1 aromatic rings. The second-order valence-corrected chi connectivity index (χ2v) is 2.50. The summed E-state index contributed by atoms with van der Waals surface area (Å²) in [5, 5.41) is 3.13. The lowest BCUT2D eigenvalue weighted by atomic mass is 10.1. The maximum absolute atomic E-state index is 3.62. The molecule has 0 amide bonds. The zero-order valence-corrected chi connectivity index (χ0v) is 6.75. The van der Waals surface area contributed by atoms with Gasteiger partial charge in [-0.1, -0.05) is 36.9 Å². The summed E-state index contributed by atoms with van der Waals surface area (Å²) < 4.78 is 0. The summed E-state index contributed by atoms with van der Waals surface area (Å²) >= 11 is 0. The van der Waals surface area contributed by atoms with E-state index in [1.165, 1.54) is 5.56 Å². The van der Waals surface area contributed by atoms with Crippen molar-refractivity contribution in [2.24, 2.45) is 0 Å². The molecule has 1 N–H and O–H groups in total. The van der Waals surface area contributed by atoms with Crippen LogP contribution in [-0.2, 0) is 0 Å². The van der Waals surface area contributed by atoms with E-state index in [0.29, 0.717) is 6.04 Å². The average Bonchev–Trinajstić information content (AvgIpc) is 2.07. The molecule has 0 heterocycles. The first-order valence-corrected chi connectivity index (χ1v) is 3.76. The summed E-state index contributed by atoms with van der Waals surface area (Å²) in [5.41, 5.74) is 1.28. The van der Waals surface area contributed by atoms with Crippen LogP contribution >= 0.6 is 0 Å². The standard InChI is InChI=1S/C10H13N/c1-3-11-9(2)10-7-5-4-6-8-10/h3-9,11H,1H2,2H3/t9-/m1/s1. The number of benzene rings is 1. The van der Waals surface area contributed by atoms with E-state index in [1.807, 2.05) is 18.2 Å². The highest BCUT2D eigenvalue weighted by Crippen LogP contribution is 2.10. The molecule has 11 heavy (non-hydrogen) atoms. The van der Waals surface area contributed by atoms with Gasteiger partial charge >= 0.3 is 0 Å². The van der Waals surface area contributed by atoms with Crippen molar-refractivity contribution >= 4 is 0 Å². The van der Waals surface area contributed by atoms with Gasteiger partial charge < -0.3 is 5.32 Å². The first-order valence-electron chi connectivity index (χ1n) is 3.76. The lowest BCUT2D eigenvalue weighted by molar-refractivity contribution is 0.688. The summed E-state index contributed by atoms with van der Waals surface area (Å²) in [6.45, 7) is 5.72. The molecule has 0 fully saturated rings. The van der Waals surface area contributed by atoms with Gasteiger partial charge in [0.2, 0.25) is 0 Å². The number of hydrogen-bond acceptors (Lipinski definition) is 1. The van der Waals surface area contributed by atoms with Gasteiger partial charge in [0.25, 0.3) is 0 Å². The lowest BCUT2D eigenvalue weighted by Crippen LogP contribution is -2.10. The molecule has 1 nitrogen and oxygen atoms in total. The van der Waals surface area contributed by atoms with E-state index in [2.05, 4.69) is 31.0 Å². The van der Waals surface area contributed by atoms with Crippen molar-refractivity contribution in [1.29, 1.82) is 0 Å². The van der Waals surface area contributed by atoms with Crippen LogP contribution in [0, 0.1) is 0 Å². The van der Waals surface area contributed by atoms with E-state index < -0.39 is 0 Å². The third-order valence-electron chi connectivity index (χ3n) is 1.67. The predicted octanol–water partition coefficient (Wildman–Crippen LogP) is 2.48. The molecular formula is C10H13N. The van der Waals surface area contributed by atoms with Crippen LogP contribution in [0.15, 0.2) is 43.1 Å². The Bertz CT molecular complexity index is 216. The van der Waals surface area contributed by atoms with Crippen molar-refractivity contribution < 1.29 is 0 Å². The highest BCUT2D eigenvalue weighted by Gasteiger charge is 1.98. The smallest absolute Gasteiger partial charge is 0.0479 e. The Labute approximate surface area is 67.8 Å². The highest BCUT2D eigenvalue weighted by atomic mass is 14.9. The minimum absolute atomic E-state index is 0.355. The maximum atomic E-state index is 3.62. The van der Waals surface area contributed by atoms with Crippen molar-refractivity contribution in [2.75, 3.05) is 0 Å². The SMILES string of the molecule is C=CN[C@H](C)c1ccccc1. The van der Waals surface area contributed by atoms with Gasteiger partial charge in [0.1, 0.15) is 0 Å². The summed E-state index contributed by atoms with van der Waals surface area (Å²) in [5.74, 6) is 0. The number of nitrogens with one attached hydrogen (secondary N) is 1. The number of rotatable bonds is 3. The minimum atomic E-state index is 0.355. The second-order valence-electron chi connectivity index (χ2n) is 2.50. The quantitative estimate of drug-likeness (QED) is 0.692. The van der Waals surface area contributed by atoms with E-state index >= 15 is 0 Å². The fourth-order valence-corrected chi connectivity index (χ4v) is 1.01. The molecule has 0 aliphatic carbocycles. The van der Waals surface area contributed by atoms with Gasteiger partial charge in [-0.15, -0.1) is 0 Å². The molecule has 0 aliphatic heterocycles. The Morgan fingerprint density at radius 2 is 2.00 bits per heavy atom. The zero-order valence-electron chi connectivity index (χ0n) is 6.75. The second kappa shape index (κ2) is 3.81. The third kappa shape index (κ3) is 2.11. The molecule has 0 saturated heterocycles. The molecule has 0 bridgehead atoms. The van der Waals surface area contributed by atoms with Crippen LogP contribution in [-0.4, -0.2) is 0 Å². The van der Waals surface area contributed by atoms with Crippen LogP contribution in [0.4, 0.5) is 0 Å². The molecule has 0 saturated carbocycles. The van der Waals surface area contributed by atoms with Crippen molar-refractivity contribution in [3.8, 4) is 0 Å². The Morgan fingerprint density at radius 1 is 1.36 bits per heavy atom. The minimum Gasteiger partial charge on any atom is -0.385 e. The molecule has 0 unspecified atom stereocenters. The van der Waals surface area contributed by atoms with Gasteiger partial charge in [0.15, 0.2) is 0 Å². The van der Waals surface area contributed by atoms with Crippen LogP contribution in [0.2, 0.25) is 0 Å². The van der Waals surface area contributed by atoms with Crippen LogP contribution in [0.5, 0.6) is 0 Å². The van der Waals surface area contributed by atoms with Gasteiger partial charge in [0.05, 0.1) is 0 Å². The molecule has 1 aromatic carbocycles. The summed E-state index contributed by atoms with van der Waals surface area (Å²) in [4.78, 5) is 0. The predicted molar refractivity (Wildman–Crippen MR) is 48.2 cm³/mol. The lowest BCUT2D eigenvalue weighted by Gasteiger charge is -2.10. The van der Waals surface area contributed by atoms with Crippen LogP contribution < -0.4 is 5.32 Å². The Morgan fingerprint density at radius 3 is 2.55 bits per heavy atom. The summed E-state index contributed by atoms with van der Waals surface area (Å²) in [6.07, 6.45) is 1.72. The van der Waals surface area contributed by atoms with Crippen molar-refractivity contribution in [3.05, 3.63) is 48.7 Å². The fraction of sp³-hybridized carbons (Fsp3) is 0.200. The summed E-state index contributed by atoms with van der Waals surface area (Å²) in [6, 6.07) is 10.6. The highest BCUT2D eigenvalue weighted by molar-refractivity contribution is 5.18. The van der Waals surface area contributed by atoms with Crippen molar-refractivity contribution in [3.63, 3.8) is 0 Å². The van der Waals surface area contributed by atoms with Gasteiger partial charge in [-0.3, -0.25) is 0 Å². The maximum Gasteiger partial charge on any atom is 0.0479 e. The van der Waals surface area contributed by atoms with Crippen LogP contribution in [0.3, 0.4) is 0 Å². The Kier molecular flexibility index (Phi) is 2.73. The topological polar surface area (TPSA) is 12.0 Å². The van der Waals surface area contributed by atoms with Crippen LogP contribution in [0.1, 0.15) is 18.5 Å². The summed E-state index contributed by atoms with van der Waals surface area (Å²) in [7, 11) is 0. The van der Waals surface area contributed by atoms with Gasteiger partial charge in [-0.25, -0.2) is 0 Å². The van der Waals surface area contributed by atoms with Crippen molar-refractivity contribution in [2.45, 2.75) is 13.0 Å². The van der Waals surface area contributed by atoms with E-state index in [-0.39, 0.29) is 0 Å². The molecule has 1 atom stereocenters. The van der Waals surface area contributed by atoms with Gasteiger partial charge in [-0.2, -0.15) is 0 Å². The van der Waals surface area contributed by atoms with E-state index in [4.69, 9.17) is 0 Å². The fourth-order valence-electron chi connectivity index (χ4n) is 1.01. The van der Waals surface area contributed by atoms with Gasteiger partial charge in [-0.05, 0) is 18.7 Å². The van der Waals surface area contributed by atoms with Crippen LogP contribution in [0.25, 0.3) is 0 Å². The van der Waals surface area contributed by atoms with E-state index in [9.17, 15) is 0 Å². The van der Waals surface area contributed by atoms with E-state index in [1.54, 1.807) is 6.20 Å².